The number of nitrogens with one attached hydrogen (secondary N) is 1. The number of rotatable bonds is 5. The van der Waals surface area contributed by atoms with E-state index in [4.69, 9.17) is 0 Å². The Balaban J connectivity index is 2.05. The Bertz CT molecular complexity index is 586. The third kappa shape index (κ3) is 3.62. The van der Waals surface area contributed by atoms with Crippen LogP contribution in [-0.2, 0) is 6.54 Å². The van der Waals surface area contributed by atoms with Crippen LogP contribution >= 0.6 is 27.3 Å². The zero-order chi connectivity index (χ0) is 13.8. The topological polar surface area (TPSA) is 55.2 Å². The Morgan fingerprint density at radius 1 is 1.47 bits per heavy atom. The summed E-state index contributed by atoms with van der Waals surface area (Å²) in [5, 5.41) is 16.2. The highest BCUT2D eigenvalue weighted by atomic mass is 79.9. The number of halogens is 1. The van der Waals surface area contributed by atoms with Crippen molar-refractivity contribution in [1.82, 2.24) is 5.32 Å². The molecule has 1 aromatic heterocycles. The first kappa shape index (κ1) is 14.2. The standard InChI is InChI=1S/C13H13BrN2O2S/c1-9(13-6-11(14)8-19-13)15-7-10-4-2-3-5-12(10)16(17)18/h2-6,8-9,15H,7H2,1H3. The van der Waals surface area contributed by atoms with Crippen LogP contribution in [-0.4, -0.2) is 4.92 Å². The molecule has 6 heteroatoms. The monoisotopic (exact) mass is 340 g/mol. The van der Waals surface area contributed by atoms with Crippen LogP contribution in [0, 0.1) is 10.1 Å². The largest absolute Gasteiger partial charge is 0.305 e. The van der Waals surface area contributed by atoms with E-state index in [-0.39, 0.29) is 16.7 Å². The molecule has 0 saturated heterocycles. The second kappa shape index (κ2) is 6.27. The molecule has 0 aliphatic carbocycles. The fourth-order valence-electron chi connectivity index (χ4n) is 1.76. The van der Waals surface area contributed by atoms with Gasteiger partial charge in [0.05, 0.1) is 4.92 Å². The number of nitro groups is 1. The molecule has 0 aliphatic rings. The van der Waals surface area contributed by atoms with Gasteiger partial charge < -0.3 is 5.32 Å². The summed E-state index contributed by atoms with van der Waals surface area (Å²) in [6, 6.07) is 9.03. The van der Waals surface area contributed by atoms with Gasteiger partial charge >= 0.3 is 0 Å². The average molecular weight is 341 g/mol. The molecule has 100 valence electrons. The minimum Gasteiger partial charge on any atom is -0.305 e. The van der Waals surface area contributed by atoms with Crippen molar-refractivity contribution in [3.63, 3.8) is 0 Å². The molecule has 0 amide bonds. The molecule has 19 heavy (non-hydrogen) atoms. The summed E-state index contributed by atoms with van der Waals surface area (Å²) in [7, 11) is 0. The first-order chi connectivity index (χ1) is 9.08. The third-order valence-electron chi connectivity index (χ3n) is 2.80. The summed E-state index contributed by atoms with van der Waals surface area (Å²) in [6.45, 7) is 2.53. The first-order valence-electron chi connectivity index (χ1n) is 5.77. The van der Waals surface area contributed by atoms with E-state index in [1.165, 1.54) is 10.9 Å². The van der Waals surface area contributed by atoms with Gasteiger partial charge in [0.1, 0.15) is 0 Å². The van der Waals surface area contributed by atoms with Crippen molar-refractivity contribution in [3.05, 3.63) is 60.7 Å². The molecule has 0 aliphatic heterocycles. The summed E-state index contributed by atoms with van der Waals surface area (Å²) in [5.41, 5.74) is 0.865. The molecule has 0 spiro atoms. The minimum absolute atomic E-state index is 0.162. The molecule has 1 unspecified atom stereocenters. The third-order valence-corrected chi connectivity index (χ3v) is 4.68. The molecule has 0 saturated carbocycles. The Kier molecular flexibility index (Phi) is 4.68. The Morgan fingerprint density at radius 2 is 2.21 bits per heavy atom. The smallest absolute Gasteiger partial charge is 0.273 e. The zero-order valence-corrected chi connectivity index (χ0v) is 12.7. The van der Waals surface area contributed by atoms with Crippen LogP contribution in [0.1, 0.15) is 23.4 Å². The van der Waals surface area contributed by atoms with Crippen molar-refractivity contribution in [2.75, 3.05) is 0 Å². The SMILES string of the molecule is CC(NCc1ccccc1[N+](=O)[O-])c1cc(Br)cs1. The van der Waals surface area contributed by atoms with Crippen molar-refractivity contribution in [3.8, 4) is 0 Å². The minimum atomic E-state index is -0.344. The predicted octanol–water partition coefficient (Wildman–Crippen LogP) is 4.27. The lowest BCUT2D eigenvalue weighted by Crippen LogP contribution is -2.17. The molecular weight excluding hydrogens is 328 g/mol. The van der Waals surface area contributed by atoms with Gasteiger partial charge in [-0.3, -0.25) is 10.1 Å². The predicted molar refractivity (Wildman–Crippen MR) is 80.4 cm³/mol. The van der Waals surface area contributed by atoms with Gasteiger partial charge in [-0.15, -0.1) is 11.3 Å². The quantitative estimate of drug-likeness (QED) is 0.653. The number of benzene rings is 1. The molecule has 4 nitrogen and oxygen atoms in total. The lowest BCUT2D eigenvalue weighted by atomic mass is 10.1. The first-order valence-corrected chi connectivity index (χ1v) is 7.45. The van der Waals surface area contributed by atoms with Crippen molar-refractivity contribution < 1.29 is 4.92 Å². The van der Waals surface area contributed by atoms with Crippen LogP contribution < -0.4 is 5.32 Å². The fraction of sp³-hybridized carbons (Fsp3) is 0.231. The van der Waals surface area contributed by atoms with E-state index < -0.39 is 0 Å². The highest BCUT2D eigenvalue weighted by Crippen LogP contribution is 2.26. The van der Waals surface area contributed by atoms with Crippen LogP contribution in [0.3, 0.4) is 0 Å². The molecular formula is C13H13BrN2O2S. The van der Waals surface area contributed by atoms with Crippen molar-refractivity contribution in [2.45, 2.75) is 19.5 Å². The van der Waals surface area contributed by atoms with E-state index in [2.05, 4.69) is 27.3 Å². The fourth-order valence-corrected chi connectivity index (χ4v) is 3.24. The van der Waals surface area contributed by atoms with Crippen LogP contribution in [0.15, 0.2) is 40.2 Å². The number of thiophene rings is 1. The molecule has 0 bridgehead atoms. The maximum absolute atomic E-state index is 10.9. The van der Waals surface area contributed by atoms with Gasteiger partial charge in [0.15, 0.2) is 0 Å². The van der Waals surface area contributed by atoms with E-state index in [0.717, 1.165) is 4.47 Å². The number of nitro benzene ring substituents is 1. The highest BCUT2D eigenvalue weighted by Gasteiger charge is 2.14. The Hall–Kier alpha value is -1.24. The highest BCUT2D eigenvalue weighted by molar-refractivity contribution is 9.10. The second-order valence-corrected chi connectivity index (χ2v) is 6.01. The van der Waals surface area contributed by atoms with Crippen LogP contribution in [0.5, 0.6) is 0 Å². The molecule has 1 N–H and O–H groups in total. The molecule has 0 fully saturated rings. The van der Waals surface area contributed by atoms with Crippen molar-refractivity contribution >= 4 is 33.0 Å². The Labute approximate surface area is 123 Å². The van der Waals surface area contributed by atoms with Crippen molar-refractivity contribution in [2.24, 2.45) is 0 Å². The van der Waals surface area contributed by atoms with E-state index in [1.807, 2.05) is 18.4 Å². The lowest BCUT2D eigenvalue weighted by molar-refractivity contribution is -0.385. The van der Waals surface area contributed by atoms with Crippen LogP contribution in [0.4, 0.5) is 5.69 Å². The van der Waals surface area contributed by atoms with Gasteiger partial charge in [0, 0.05) is 38.9 Å². The lowest BCUT2D eigenvalue weighted by Gasteiger charge is -2.12. The molecule has 2 aromatic rings. The van der Waals surface area contributed by atoms with E-state index >= 15 is 0 Å². The summed E-state index contributed by atoms with van der Waals surface area (Å²) in [4.78, 5) is 11.8. The van der Waals surface area contributed by atoms with Crippen LogP contribution in [0.2, 0.25) is 0 Å². The molecule has 2 rings (SSSR count). The molecule has 1 aromatic carbocycles. The maximum atomic E-state index is 10.9. The van der Waals surface area contributed by atoms with Gasteiger partial charge in [-0.1, -0.05) is 18.2 Å². The average Bonchev–Trinajstić information content (AvgIpc) is 2.83. The molecule has 0 radical (unpaired) electrons. The summed E-state index contributed by atoms with van der Waals surface area (Å²) in [5.74, 6) is 0. The van der Waals surface area contributed by atoms with Gasteiger partial charge in [-0.25, -0.2) is 0 Å². The van der Waals surface area contributed by atoms with Gasteiger partial charge in [0.25, 0.3) is 5.69 Å². The molecule has 1 heterocycles. The van der Waals surface area contributed by atoms with Crippen molar-refractivity contribution in [1.29, 1.82) is 0 Å². The Morgan fingerprint density at radius 3 is 2.84 bits per heavy atom. The van der Waals surface area contributed by atoms with Gasteiger partial charge in [-0.2, -0.15) is 0 Å². The summed E-state index contributed by atoms with van der Waals surface area (Å²) < 4.78 is 1.06. The second-order valence-electron chi connectivity index (χ2n) is 4.16. The normalized spacial score (nSPS) is 12.3. The van der Waals surface area contributed by atoms with Gasteiger partial charge in [0.2, 0.25) is 0 Å². The molecule has 1 atom stereocenters. The number of hydrogen-bond donors (Lipinski definition) is 1. The number of hydrogen-bond acceptors (Lipinski definition) is 4. The number of nitrogens with zero attached hydrogens (tertiary/aromatic N) is 1. The van der Waals surface area contributed by atoms with Crippen LogP contribution in [0.25, 0.3) is 0 Å². The maximum Gasteiger partial charge on any atom is 0.273 e. The van der Waals surface area contributed by atoms with E-state index in [9.17, 15) is 10.1 Å². The van der Waals surface area contributed by atoms with Gasteiger partial charge in [-0.05, 0) is 28.9 Å². The summed E-state index contributed by atoms with van der Waals surface area (Å²) >= 11 is 5.08. The zero-order valence-electron chi connectivity index (χ0n) is 10.3. The van der Waals surface area contributed by atoms with E-state index in [0.29, 0.717) is 12.1 Å². The summed E-state index contributed by atoms with van der Waals surface area (Å²) in [6.07, 6.45) is 0. The number of para-hydroxylation sites is 1. The van der Waals surface area contributed by atoms with E-state index in [1.54, 1.807) is 23.5 Å².